The van der Waals surface area contributed by atoms with Crippen LogP contribution in [0.15, 0.2) is 18.5 Å². The van der Waals surface area contributed by atoms with Crippen LogP contribution in [0.4, 0.5) is 5.82 Å². The van der Waals surface area contributed by atoms with Gasteiger partial charge in [0.25, 0.3) is 0 Å². The Kier molecular flexibility index (Phi) is 2.05. The minimum Gasteiger partial charge on any atom is -0.383 e. The summed E-state index contributed by atoms with van der Waals surface area (Å²) in [5, 5.41) is 7.74. The minimum atomic E-state index is 0.415. The van der Waals surface area contributed by atoms with Crippen LogP contribution in [0.1, 0.15) is 0 Å². The number of thiophene rings is 1. The van der Waals surface area contributed by atoms with Gasteiger partial charge in [0.2, 0.25) is 0 Å². The van der Waals surface area contributed by atoms with E-state index in [0.29, 0.717) is 15.8 Å². The van der Waals surface area contributed by atoms with Crippen LogP contribution < -0.4 is 5.73 Å². The van der Waals surface area contributed by atoms with Crippen LogP contribution >= 0.6 is 22.9 Å². The molecule has 7 heteroatoms. The fourth-order valence-corrected chi connectivity index (χ4v) is 2.54. The first kappa shape index (κ1) is 9.56. The van der Waals surface area contributed by atoms with E-state index in [9.17, 15) is 0 Å². The molecule has 3 aromatic heterocycles. The molecule has 0 fully saturated rings. The van der Waals surface area contributed by atoms with Crippen LogP contribution in [-0.4, -0.2) is 20.2 Å². The first-order chi connectivity index (χ1) is 7.75. The number of hydrogen-bond donors (Lipinski definition) is 2. The molecule has 0 aliphatic heterocycles. The molecule has 3 aromatic rings. The highest BCUT2D eigenvalue weighted by Gasteiger charge is 2.13. The second kappa shape index (κ2) is 3.43. The Morgan fingerprint density at radius 1 is 1.31 bits per heavy atom. The Morgan fingerprint density at radius 3 is 2.94 bits per heavy atom. The average molecular weight is 252 g/mol. The van der Waals surface area contributed by atoms with Crippen LogP contribution in [0.2, 0.25) is 4.34 Å². The molecule has 0 aromatic carbocycles. The predicted molar refractivity (Wildman–Crippen MR) is 64.4 cm³/mol. The number of aromatic nitrogens is 4. The lowest BCUT2D eigenvalue weighted by Crippen LogP contribution is -1.92. The summed E-state index contributed by atoms with van der Waals surface area (Å²) in [6.45, 7) is 0. The van der Waals surface area contributed by atoms with Gasteiger partial charge in [-0.3, -0.25) is 5.10 Å². The molecule has 0 amide bonds. The number of nitrogen functional groups attached to an aromatic ring is 1. The van der Waals surface area contributed by atoms with Gasteiger partial charge in [-0.05, 0) is 12.1 Å². The van der Waals surface area contributed by atoms with Crippen molar-refractivity contribution in [3.63, 3.8) is 0 Å². The first-order valence-electron chi connectivity index (χ1n) is 4.46. The van der Waals surface area contributed by atoms with Gasteiger partial charge in [-0.25, -0.2) is 9.97 Å². The van der Waals surface area contributed by atoms with E-state index in [4.69, 9.17) is 17.3 Å². The van der Waals surface area contributed by atoms with Gasteiger partial charge in [0.1, 0.15) is 17.8 Å². The number of aromatic amines is 1. The summed E-state index contributed by atoms with van der Waals surface area (Å²) in [4.78, 5) is 8.95. The molecule has 0 saturated carbocycles. The van der Waals surface area contributed by atoms with E-state index in [1.54, 1.807) is 0 Å². The lowest BCUT2D eigenvalue weighted by molar-refractivity contribution is 1.09. The lowest BCUT2D eigenvalue weighted by atomic mass is 10.2. The molecule has 0 unspecified atom stereocenters. The van der Waals surface area contributed by atoms with Gasteiger partial charge in [-0.15, -0.1) is 11.3 Å². The largest absolute Gasteiger partial charge is 0.383 e. The van der Waals surface area contributed by atoms with Crippen molar-refractivity contribution in [2.75, 3.05) is 5.73 Å². The van der Waals surface area contributed by atoms with Crippen molar-refractivity contribution in [3.8, 4) is 10.6 Å². The Morgan fingerprint density at radius 2 is 2.19 bits per heavy atom. The van der Waals surface area contributed by atoms with E-state index in [2.05, 4.69) is 20.2 Å². The molecule has 0 saturated heterocycles. The van der Waals surface area contributed by atoms with Gasteiger partial charge >= 0.3 is 0 Å². The Balaban J connectivity index is 2.32. The van der Waals surface area contributed by atoms with Crippen molar-refractivity contribution in [1.29, 1.82) is 0 Å². The third-order valence-electron chi connectivity index (χ3n) is 2.19. The van der Waals surface area contributed by atoms with Crippen molar-refractivity contribution >= 4 is 39.8 Å². The maximum atomic E-state index is 5.89. The van der Waals surface area contributed by atoms with Gasteiger partial charge < -0.3 is 5.73 Å². The summed E-state index contributed by atoms with van der Waals surface area (Å²) in [5.41, 5.74) is 7.18. The molecule has 0 aliphatic carbocycles. The van der Waals surface area contributed by atoms with E-state index in [0.717, 1.165) is 16.0 Å². The Labute approximate surface area is 99.3 Å². The summed E-state index contributed by atoms with van der Waals surface area (Å²) in [5.74, 6) is 0.415. The van der Waals surface area contributed by atoms with Crippen molar-refractivity contribution in [2.24, 2.45) is 0 Å². The van der Waals surface area contributed by atoms with Gasteiger partial charge in [0, 0.05) is 0 Å². The van der Waals surface area contributed by atoms with E-state index in [1.165, 1.54) is 17.7 Å². The predicted octanol–water partition coefficient (Wildman–Crippen LogP) is 2.32. The summed E-state index contributed by atoms with van der Waals surface area (Å²) < 4.78 is 0.710. The average Bonchev–Trinajstić information content (AvgIpc) is 2.84. The molecule has 0 atom stereocenters. The summed E-state index contributed by atoms with van der Waals surface area (Å²) in [6.07, 6.45) is 1.40. The number of halogens is 1. The smallest absolute Gasteiger partial charge is 0.161 e. The second-order valence-corrected chi connectivity index (χ2v) is 4.87. The number of anilines is 1. The number of hydrogen-bond acceptors (Lipinski definition) is 5. The fraction of sp³-hybridized carbons (Fsp3) is 0. The quantitative estimate of drug-likeness (QED) is 0.696. The molecule has 0 radical (unpaired) electrons. The van der Waals surface area contributed by atoms with E-state index in [-0.39, 0.29) is 0 Å². The fourth-order valence-electron chi connectivity index (χ4n) is 1.50. The first-order valence-corrected chi connectivity index (χ1v) is 5.65. The normalized spacial score (nSPS) is 11.1. The lowest BCUT2D eigenvalue weighted by Gasteiger charge is -1.95. The summed E-state index contributed by atoms with van der Waals surface area (Å²) in [6, 6.07) is 3.72. The molecule has 80 valence electrons. The van der Waals surface area contributed by atoms with Crippen molar-refractivity contribution in [1.82, 2.24) is 20.2 Å². The van der Waals surface area contributed by atoms with Crippen LogP contribution in [0.25, 0.3) is 21.6 Å². The van der Waals surface area contributed by atoms with Gasteiger partial charge in [0.05, 0.1) is 14.6 Å². The van der Waals surface area contributed by atoms with Crippen molar-refractivity contribution in [2.45, 2.75) is 0 Å². The number of rotatable bonds is 1. The SMILES string of the molecule is Nc1ncnc2[nH]nc(-c3ccc(Cl)s3)c12. The molecule has 3 heterocycles. The number of nitrogens with one attached hydrogen (secondary N) is 1. The minimum absolute atomic E-state index is 0.415. The number of nitrogens with zero attached hydrogens (tertiary/aromatic N) is 3. The molecular formula is C9H6ClN5S. The van der Waals surface area contributed by atoms with E-state index >= 15 is 0 Å². The summed E-state index contributed by atoms with van der Waals surface area (Å²) in [7, 11) is 0. The number of fused-ring (bicyclic) bond motifs is 1. The topological polar surface area (TPSA) is 80.5 Å². The van der Waals surface area contributed by atoms with Crippen LogP contribution in [0.3, 0.4) is 0 Å². The second-order valence-electron chi connectivity index (χ2n) is 3.16. The number of nitrogens with two attached hydrogens (primary N) is 1. The van der Waals surface area contributed by atoms with Gasteiger partial charge in [-0.2, -0.15) is 5.10 Å². The molecule has 16 heavy (non-hydrogen) atoms. The Hall–Kier alpha value is -1.66. The van der Waals surface area contributed by atoms with Gasteiger partial charge in [0.15, 0.2) is 5.65 Å². The number of H-pyrrole nitrogens is 1. The molecule has 0 aliphatic rings. The third-order valence-corrected chi connectivity index (χ3v) is 3.43. The standard InChI is InChI=1S/C9H6ClN5S/c10-5-2-1-4(16-5)7-6-8(11)12-3-13-9(6)15-14-7/h1-3H,(H3,11,12,13,14,15). The zero-order valence-corrected chi connectivity index (χ0v) is 9.51. The summed E-state index contributed by atoms with van der Waals surface area (Å²) >= 11 is 7.33. The highest BCUT2D eigenvalue weighted by molar-refractivity contribution is 7.19. The van der Waals surface area contributed by atoms with E-state index < -0.39 is 0 Å². The molecule has 0 spiro atoms. The van der Waals surface area contributed by atoms with Crippen molar-refractivity contribution < 1.29 is 0 Å². The molecule has 5 nitrogen and oxygen atoms in total. The zero-order valence-electron chi connectivity index (χ0n) is 7.94. The van der Waals surface area contributed by atoms with Crippen LogP contribution in [0.5, 0.6) is 0 Å². The highest BCUT2D eigenvalue weighted by Crippen LogP contribution is 2.34. The van der Waals surface area contributed by atoms with Crippen LogP contribution in [0, 0.1) is 0 Å². The molecule has 3 rings (SSSR count). The molecule has 0 bridgehead atoms. The van der Waals surface area contributed by atoms with E-state index in [1.807, 2.05) is 12.1 Å². The van der Waals surface area contributed by atoms with Crippen molar-refractivity contribution in [3.05, 3.63) is 22.8 Å². The van der Waals surface area contributed by atoms with Gasteiger partial charge in [-0.1, -0.05) is 11.6 Å². The maximum Gasteiger partial charge on any atom is 0.161 e. The molecule has 3 N–H and O–H groups in total. The Bertz CT molecular complexity index is 659. The monoisotopic (exact) mass is 251 g/mol. The highest BCUT2D eigenvalue weighted by atomic mass is 35.5. The maximum absolute atomic E-state index is 5.89. The third kappa shape index (κ3) is 1.35. The van der Waals surface area contributed by atoms with Crippen LogP contribution in [-0.2, 0) is 0 Å². The zero-order chi connectivity index (χ0) is 11.1. The molecular weight excluding hydrogens is 246 g/mol.